The summed E-state index contributed by atoms with van der Waals surface area (Å²) in [6, 6.07) is 5.51. The molecule has 0 radical (unpaired) electrons. The summed E-state index contributed by atoms with van der Waals surface area (Å²) < 4.78 is 0.976. The molecule has 0 fully saturated rings. The van der Waals surface area contributed by atoms with Crippen molar-refractivity contribution in [3.63, 3.8) is 0 Å². The minimum absolute atomic E-state index is 0.0535. The molecule has 0 heterocycles. The van der Waals surface area contributed by atoms with Crippen LogP contribution in [0.5, 0.6) is 0 Å². The molecule has 0 spiro atoms. The summed E-state index contributed by atoms with van der Waals surface area (Å²) in [7, 11) is 0. The second-order valence-electron chi connectivity index (χ2n) is 3.63. The Kier molecular flexibility index (Phi) is 2.77. The number of hydrogen-bond donors (Lipinski definition) is 1. The smallest absolute Gasteiger partial charge is 0.307 e. The number of Topliss-reactive ketones (excluding diaryl/α,β-unsaturated/α-hetero) is 1. The van der Waals surface area contributed by atoms with Crippen molar-refractivity contribution in [1.82, 2.24) is 0 Å². The maximum Gasteiger partial charge on any atom is 0.307 e. The molecule has 1 atom stereocenters. The lowest BCUT2D eigenvalue weighted by Crippen LogP contribution is -2.26. The van der Waals surface area contributed by atoms with Gasteiger partial charge >= 0.3 is 5.97 Å². The number of halogens is 1. The van der Waals surface area contributed by atoms with E-state index < -0.39 is 11.9 Å². The summed E-state index contributed by atoms with van der Waals surface area (Å²) in [5.41, 5.74) is 1.58. The number of fused-ring (bicyclic) bond motifs is 1. The standard InChI is InChI=1S/C11H9IO3/c12-9-3-1-2-7-8(9)4-6(11(14)15)5-10(7)13/h1-3,6H,4-5H2,(H,14,15). The van der Waals surface area contributed by atoms with Crippen molar-refractivity contribution in [2.45, 2.75) is 12.8 Å². The molecule has 4 heteroatoms. The molecule has 3 nitrogen and oxygen atoms in total. The monoisotopic (exact) mass is 316 g/mol. The number of aliphatic carboxylic acids is 1. The SMILES string of the molecule is O=C1CC(C(=O)O)Cc2c(I)cccc21. The number of carboxylic acids is 1. The molecule has 0 aromatic heterocycles. The highest BCUT2D eigenvalue weighted by molar-refractivity contribution is 14.1. The maximum atomic E-state index is 11.7. The Morgan fingerprint density at radius 2 is 2.13 bits per heavy atom. The molecule has 15 heavy (non-hydrogen) atoms. The summed E-state index contributed by atoms with van der Waals surface area (Å²) in [5.74, 6) is -1.49. The average molecular weight is 316 g/mol. The van der Waals surface area contributed by atoms with Crippen LogP contribution in [-0.2, 0) is 11.2 Å². The van der Waals surface area contributed by atoms with Gasteiger partial charge in [-0.3, -0.25) is 9.59 Å². The first-order chi connectivity index (χ1) is 7.09. The molecule has 0 bridgehead atoms. The third kappa shape index (κ3) is 1.90. The van der Waals surface area contributed by atoms with Crippen LogP contribution in [0.2, 0.25) is 0 Å². The van der Waals surface area contributed by atoms with Crippen LogP contribution in [0.25, 0.3) is 0 Å². The highest BCUT2D eigenvalue weighted by atomic mass is 127. The van der Waals surface area contributed by atoms with Gasteiger partial charge in [-0.2, -0.15) is 0 Å². The number of hydrogen-bond acceptors (Lipinski definition) is 2. The fraction of sp³-hybridized carbons (Fsp3) is 0.273. The molecule has 1 aromatic carbocycles. The minimum Gasteiger partial charge on any atom is -0.481 e. The largest absolute Gasteiger partial charge is 0.481 e. The highest BCUT2D eigenvalue weighted by Gasteiger charge is 2.30. The molecule has 0 amide bonds. The van der Waals surface area contributed by atoms with Gasteiger partial charge in [0.15, 0.2) is 5.78 Å². The summed E-state index contributed by atoms with van der Waals surface area (Å²) in [4.78, 5) is 22.6. The lowest BCUT2D eigenvalue weighted by atomic mass is 9.83. The van der Waals surface area contributed by atoms with Crippen molar-refractivity contribution in [2.75, 3.05) is 0 Å². The van der Waals surface area contributed by atoms with E-state index in [0.717, 1.165) is 9.13 Å². The minimum atomic E-state index is -0.881. The summed E-state index contributed by atoms with van der Waals surface area (Å²) >= 11 is 2.14. The van der Waals surface area contributed by atoms with Crippen molar-refractivity contribution in [3.05, 3.63) is 32.9 Å². The van der Waals surface area contributed by atoms with E-state index in [4.69, 9.17) is 5.11 Å². The Labute approximate surface area is 101 Å². The van der Waals surface area contributed by atoms with Gasteiger partial charge in [0, 0.05) is 15.6 Å². The van der Waals surface area contributed by atoms with E-state index in [1.54, 1.807) is 6.07 Å². The molecule has 0 saturated heterocycles. The Hall–Kier alpha value is -0.910. The van der Waals surface area contributed by atoms with Gasteiger partial charge in [0.25, 0.3) is 0 Å². The van der Waals surface area contributed by atoms with E-state index in [2.05, 4.69) is 22.6 Å². The Morgan fingerprint density at radius 3 is 2.80 bits per heavy atom. The average Bonchev–Trinajstić information content (AvgIpc) is 2.19. The van der Waals surface area contributed by atoms with Crippen molar-refractivity contribution < 1.29 is 14.7 Å². The van der Waals surface area contributed by atoms with E-state index in [-0.39, 0.29) is 12.2 Å². The van der Waals surface area contributed by atoms with Gasteiger partial charge < -0.3 is 5.11 Å². The quantitative estimate of drug-likeness (QED) is 0.808. The van der Waals surface area contributed by atoms with E-state index in [9.17, 15) is 9.59 Å². The Bertz CT molecular complexity index is 439. The summed E-state index contributed by atoms with van der Waals surface area (Å²) in [5, 5.41) is 8.92. The van der Waals surface area contributed by atoms with Gasteiger partial charge in [-0.1, -0.05) is 12.1 Å². The van der Waals surface area contributed by atoms with Crippen molar-refractivity contribution >= 4 is 34.3 Å². The van der Waals surface area contributed by atoms with E-state index in [1.165, 1.54) is 0 Å². The summed E-state index contributed by atoms with van der Waals surface area (Å²) in [6.45, 7) is 0. The molecule has 0 aliphatic heterocycles. The van der Waals surface area contributed by atoms with Crippen molar-refractivity contribution in [1.29, 1.82) is 0 Å². The van der Waals surface area contributed by atoms with Crippen LogP contribution in [0, 0.1) is 9.49 Å². The van der Waals surface area contributed by atoms with Gasteiger partial charge in [-0.25, -0.2) is 0 Å². The normalized spacial score (nSPS) is 19.8. The molecule has 2 rings (SSSR count). The third-order valence-corrected chi connectivity index (χ3v) is 3.66. The van der Waals surface area contributed by atoms with Gasteiger partial charge in [0.2, 0.25) is 0 Å². The van der Waals surface area contributed by atoms with E-state index >= 15 is 0 Å². The first kappa shape index (κ1) is 10.6. The predicted molar refractivity (Wildman–Crippen MR) is 62.9 cm³/mol. The zero-order valence-electron chi connectivity index (χ0n) is 7.87. The number of carboxylic acid groups (broad SMARTS) is 1. The molecule has 1 N–H and O–H groups in total. The van der Waals surface area contributed by atoms with Crippen LogP contribution < -0.4 is 0 Å². The van der Waals surface area contributed by atoms with Crippen molar-refractivity contribution in [2.24, 2.45) is 5.92 Å². The van der Waals surface area contributed by atoms with Gasteiger partial charge in [-0.15, -0.1) is 0 Å². The van der Waals surface area contributed by atoms with Gasteiger partial charge in [0.05, 0.1) is 5.92 Å². The molecule has 78 valence electrons. The first-order valence-electron chi connectivity index (χ1n) is 4.63. The second-order valence-corrected chi connectivity index (χ2v) is 4.79. The molecule has 1 unspecified atom stereocenters. The maximum absolute atomic E-state index is 11.7. The molecular weight excluding hydrogens is 307 g/mol. The van der Waals surface area contributed by atoms with Crippen molar-refractivity contribution in [3.8, 4) is 0 Å². The molecule has 1 aliphatic rings. The van der Waals surface area contributed by atoms with Gasteiger partial charge in [-0.05, 0) is 40.6 Å². The second kappa shape index (κ2) is 3.92. The topological polar surface area (TPSA) is 54.4 Å². The van der Waals surface area contributed by atoms with Crippen LogP contribution in [0.15, 0.2) is 18.2 Å². The number of carbonyl (C=O) groups excluding carboxylic acids is 1. The molecule has 0 saturated carbocycles. The predicted octanol–water partition coefficient (Wildman–Crippen LogP) is 2.12. The van der Waals surface area contributed by atoms with Crippen LogP contribution in [0.3, 0.4) is 0 Å². The van der Waals surface area contributed by atoms with Crippen LogP contribution in [0.1, 0.15) is 22.3 Å². The zero-order chi connectivity index (χ0) is 11.0. The van der Waals surface area contributed by atoms with Crippen LogP contribution in [-0.4, -0.2) is 16.9 Å². The first-order valence-corrected chi connectivity index (χ1v) is 5.71. The molecular formula is C11H9IO3. The van der Waals surface area contributed by atoms with Gasteiger partial charge in [0.1, 0.15) is 0 Å². The third-order valence-electron chi connectivity index (χ3n) is 2.65. The number of benzene rings is 1. The lowest BCUT2D eigenvalue weighted by Gasteiger charge is -2.21. The lowest BCUT2D eigenvalue weighted by molar-refractivity contribution is -0.141. The highest BCUT2D eigenvalue weighted by Crippen LogP contribution is 2.29. The Balaban J connectivity index is 2.46. The number of ketones is 1. The van der Waals surface area contributed by atoms with E-state index in [1.807, 2.05) is 12.1 Å². The van der Waals surface area contributed by atoms with E-state index in [0.29, 0.717) is 12.0 Å². The van der Waals surface area contributed by atoms with Crippen LogP contribution in [0.4, 0.5) is 0 Å². The fourth-order valence-electron chi connectivity index (χ4n) is 1.85. The number of rotatable bonds is 1. The Morgan fingerprint density at radius 1 is 1.40 bits per heavy atom. The molecule has 1 aromatic rings. The number of carbonyl (C=O) groups is 2. The summed E-state index contributed by atoms with van der Waals surface area (Å²) in [6.07, 6.45) is 0.595. The van der Waals surface area contributed by atoms with Crippen LogP contribution >= 0.6 is 22.6 Å². The zero-order valence-corrected chi connectivity index (χ0v) is 10.0. The molecule has 1 aliphatic carbocycles. The fourth-order valence-corrected chi connectivity index (χ4v) is 2.57.